The first-order valence-electron chi connectivity index (χ1n) is 6.43. The number of aromatic nitrogens is 1. The Hall–Kier alpha value is -2.56. The molecular weight excluding hydrogens is 254 g/mol. The van der Waals surface area contributed by atoms with Crippen LogP contribution in [0.25, 0.3) is 0 Å². The molecule has 0 saturated carbocycles. The summed E-state index contributed by atoms with van der Waals surface area (Å²) in [7, 11) is 2.02. The summed E-state index contributed by atoms with van der Waals surface area (Å²) in [6, 6.07) is 9.13. The Morgan fingerprint density at radius 3 is 3.10 bits per heavy atom. The van der Waals surface area contributed by atoms with Gasteiger partial charge < -0.3 is 15.0 Å². The van der Waals surface area contributed by atoms with Gasteiger partial charge in [-0.2, -0.15) is 0 Å². The van der Waals surface area contributed by atoms with Crippen LogP contribution in [-0.2, 0) is 0 Å². The molecular formula is C15H15N3O2. The first kappa shape index (κ1) is 12.5. The Morgan fingerprint density at radius 1 is 1.40 bits per heavy atom. The monoisotopic (exact) mass is 269 g/mol. The van der Waals surface area contributed by atoms with Crippen LogP contribution in [-0.4, -0.2) is 31.1 Å². The highest BCUT2D eigenvalue weighted by Crippen LogP contribution is 2.33. The second kappa shape index (κ2) is 5.21. The number of amides is 1. The lowest BCUT2D eigenvalue weighted by atomic mass is 10.2. The van der Waals surface area contributed by atoms with E-state index in [0.29, 0.717) is 17.9 Å². The minimum absolute atomic E-state index is 0.179. The molecule has 1 aliphatic rings. The normalized spacial score (nSPS) is 13.3. The van der Waals surface area contributed by atoms with Crippen molar-refractivity contribution in [2.45, 2.75) is 0 Å². The van der Waals surface area contributed by atoms with Gasteiger partial charge in [0.15, 0.2) is 0 Å². The maximum Gasteiger partial charge on any atom is 0.257 e. The van der Waals surface area contributed by atoms with E-state index in [1.165, 1.54) is 6.20 Å². The lowest BCUT2D eigenvalue weighted by Crippen LogP contribution is -2.28. The third-order valence-electron chi connectivity index (χ3n) is 3.24. The summed E-state index contributed by atoms with van der Waals surface area (Å²) >= 11 is 0. The van der Waals surface area contributed by atoms with E-state index in [9.17, 15) is 4.79 Å². The number of pyridine rings is 1. The van der Waals surface area contributed by atoms with Crippen LogP contribution < -0.4 is 15.0 Å². The SMILES string of the molecule is CN1CCOc2cc(NC(=O)c3cccnc3)ccc21. The molecule has 0 bridgehead atoms. The number of rotatable bonds is 2. The zero-order chi connectivity index (χ0) is 13.9. The van der Waals surface area contributed by atoms with Crippen molar-refractivity contribution >= 4 is 17.3 Å². The molecule has 20 heavy (non-hydrogen) atoms. The van der Waals surface area contributed by atoms with Gasteiger partial charge in [0.25, 0.3) is 5.91 Å². The minimum atomic E-state index is -0.179. The van der Waals surface area contributed by atoms with Gasteiger partial charge in [0, 0.05) is 31.2 Å². The van der Waals surface area contributed by atoms with E-state index in [2.05, 4.69) is 15.2 Å². The third-order valence-corrected chi connectivity index (χ3v) is 3.24. The van der Waals surface area contributed by atoms with Crippen molar-refractivity contribution in [3.63, 3.8) is 0 Å². The van der Waals surface area contributed by atoms with Gasteiger partial charge in [-0.3, -0.25) is 9.78 Å². The fraction of sp³-hybridized carbons (Fsp3) is 0.200. The van der Waals surface area contributed by atoms with E-state index in [1.54, 1.807) is 18.3 Å². The zero-order valence-electron chi connectivity index (χ0n) is 11.2. The van der Waals surface area contributed by atoms with Gasteiger partial charge in [0.2, 0.25) is 0 Å². The number of hydrogen-bond acceptors (Lipinski definition) is 4. The van der Waals surface area contributed by atoms with Gasteiger partial charge in [0.1, 0.15) is 12.4 Å². The molecule has 1 N–H and O–H groups in total. The van der Waals surface area contributed by atoms with E-state index in [-0.39, 0.29) is 5.91 Å². The molecule has 1 aromatic carbocycles. The minimum Gasteiger partial charge on any atom is -0.489 e. The molecule has 1 aromatic heterocycles. The summed E-state index contributed by atoms with van der Waals surface area (Å²) in [6.45, 7) is 1.53. The molecule has 5 nitrogen and oxygen atoms in total. The number of benzene rings is 1. The van der Waals surface area contributed by atoms with Crippen LogP contribution in [0, 0.1) is 0 Å². The Morgan fingerprint density at radius 2 is 2.30 bits per heavy atom. The van der Waals surface area contributed by atoms with Gasteiger partial charge in [-0.05, 0) is 24.3 Å². The smallest absolute Gasteiger partial charge is 0.257 e. The molecule has 0 unspecified atom stereocenters. The van der Waals surface area contributed by atoms with Crippen LogP contribution in [0.3, 0.4) is 0 Å². The van der Waals surface area contributed by atoms with Crippen molar-refractivity contribution in [2.24, 2.45) is 0 Å². The highest BCUT2D eigenvalue weighted by atomic mass is 16.5. The molecule has 0 saturated heterocycles. The first-order valence-corrected chi connectivity index (χ1v) is 6.43. The van der Waals surface area contributed by atoms with E-state index < -0.39 is 0 Å². The van der Waals surface area contributed by atoms with Gasteiger partial charge in [0.05, 0.1) is 17.8 Å². The van der Waals surface area contributed by atoms with E-state index in [4.69, 9.17) is 4.74 Å². The number of likely N-dealkylation sites (N-methyl/N-ethyl adjacent to an activating group) is 1. The van der Waals surface area contributed by atoms with Gasteiger partial charge in [-0.1, -0.05) is 0 Å². The number of nitrogens with one attached hydrogen (secondary N) is 1. The molecule has 1 aliphatic heterocycles. The summed E-state index contributed by atoms with van der Waals surface area (Å²) in [6.07, 6.45) is 3.18. The molecule has 2 aromatic rings. The van der Waals surface area contributed by atoms with Crippen molar-refractivity contribution in [3.05, 3.63) is 48.3 Å². The molecule has 0 spiro atoms. The van der Waals surface area contributed by atoms with Crippen LogP contribution in [0.1, 0.15) is 10.4 Å². The molecule has 102 valence electrons. The van der Waals surface area contributed by atoms with E-state index in [0.717, 1.165) is 18.0 Å². The second-order valence-electron chi connectivity index (χ2n) is 4.65. The topological polar surface area (TPSA) is 54.5 Å². The van der Waals surface area contributed by atoms with Crippen LogP contribution in [0.5, 0.6) is 5.75 Å². The average Bonchev–Trinajstić information content (AvgIpc) is 2.48. The number of carbonyl (C=O) groups excluding carboxylic acids is 1. The molecule has 0 atom stereocenters. The molecule has 5 heteroatoms. The van der Waals surface area contributed by atoms with Crippen molar-refractivity contribution < 1.29 is 9.53 Å². The number of fused-ring (bicyclic) bond motifs is 1. The second-order valence-corrected chi connectivity index (χ2v) is 4.65. The number of nitrogens with zero attached hydrogens (tertiary/aromatic N) is 2. The Kier molecular flexibility index (Phi) is 3.25. The largest absolute Gasteiger partial charge is 0.489 e. The average molecular weight is 269 g/mol. The summed E-state index contributed by atoms with van der Waals surface area (Å²) < 4.78 is 5.62. The number of ether oxygens (including phenoxy) is 1. The predicted octanol–water partition coefficient (Wildman–Crippen LogP) is 2.16. The van der Waals surface area contributed by atoms with Crippen LogP contribution in [0.2, 0.25) is 0 Å². The lowest BCUT2D eigenvalue weighted by Gasteiger charge is -2.27. The maximum absolute atomic E-state index is 12.0. The quantitative estimate of drug-likeness (QED) is 0.907. The van der Waals surface area contributed by atoms with Gasteiger partial charge in [-0.25, -0.2) is 0 Å². The van der Waals surface area contributed by atoms with Crippen molar-refractivity contribution in [1.82, 2.24) is 4.98 Å². The molecule has 0 fully saturated rings. The van der Waals surface area contributed by atoms with E-state index >= 15 is 0 Å². The van der Waals surface area contributed by atoms with Crippen LogP contribution >= 0.6 is 0 Å². The maximum atomic E-state index is 12.0. The summed E-state index contributed by atoms with van der Waals surface area (Å²) in [5.41, 5.74) is 2.28. The molecule has 1 amide bonds. The standard InChI is InChI=1S/C15H15N3O2/c1-18-7-8-20-14-9-12(4-5-13(14)18)17-15(19)11-3-2-6-16-10-11/h2-6,9-10H,7-8H2,1H3,(H,17,19). The van der Waals surface area contributed by atoms with Gasteiger partial charge >= 0.3 is 0 Å². The number of carbonyl (C=O) groups is 1. The fourth-order valence-corrected chi connectivity index (χ4v) is 2.14. The van der Waals surface area contributed by atoms with Crippen molar-refractivity contribution in [2.75, 3.05) is 30.4 Å². The summed E-state index contributed by atoms with van der Waals surface area (Å²) in [5, 5.41) is 2.85. The first-order chi connectivity index (χ1) is 9.74. The molecule has 0 radical (unpaired) electrons. The highest BCUT2D eigenvalue weighted by Gasteiger charge is 2.15. The molecule has 3 rings (SSSR count). The summed E-state index contributed by atoms with van der Waals surface area (Å²) in [5.74, 6) is 0.616. The Labute approximate surface area is 117 Å². The number of hydrogen-bond donors (Lipinski definition) is 1. The van der Waals surface area contributed by atoms with E-state index in [1.807, 2.05) is 25.2 Å². The molecule has 2 heterocycles. The third kappa shape index (κ3) is 2.42. The van der Waals surface area contributed by atoms with Crippen molar-refractivity contribution in [3.8, 4) is 5.75 Å². The Balaban J connectivity index is 1.80. The summed E-state index contributed by atoms with van der Waals surface area (Å²) in [4.78, 5) is 18.1. The predicted molar refractivity (Wildman–Crippen MR) is 77.4 cm³/mol. The zero-order valence-corrected chi connectivity index (χ0v) is 11.2. The van der Waals surface area contributed by atoms with Crippen LogP contribution in [0.15, 0.2) is 42.7 Å². The Bertz CT molecular complexity index is 628. The lowest BCUT2D eigenvalue weighted by molar-refractivity contribution is 0.102. The molecule has 0 aliphatic carbocycles. The fourth-order valence-electron chi connectivity index (χ4n) is 2.14. The van der Waals surface area contributed by atoms with Crippen LogP contribution in [0.4, 0.5) is 11.4 Å². The number of anilines is 2. The van der Waals surface area contributed by atoms with Gasteiger partial charge in [-0.15, -0.1) is 0 Å². The van der Waals surface area contributed by atoms with Crippen molar-refractivity contribution in [1.29, 1.82) is 0 Å². The highest BCUT2D eigenvalue weighted by molar-refractivity contribution is 6.04.